The van der Waals surface area contributed by atoms with E-state index >= 15 is 0 Å². The summed E-state index contributed by atoms with van der Waals surface area (Å²) < 4.78 is 25.0. The first-order chi connectivity index (χ1) is 11.3. The van der Waals surface area contributed by atoms with Crippen molar-refractivity contribution in [2.24, 2.45) is 0 Å². The molecular weight excluding hydrogens is 298 g/mol. The maximum Gasteiger partial charge on any atom is 0.249 e. The molecule has 2 atom stereocenters. The van der Waals surface area contributed by atoms with E-state index in [1.807, 2.05) is 30.3 Å². The number of hydrogen-bond donors (Lipinski definition) is 0. The van der Waals surface area contributed by atoms with Crippen molar-refractivity contribution in [3.05, 3.63) is 48.7 Å². The first-order valence-electron chi connectivity index (χ1n) is 7.41. The van der Waals surface area contributed by atoms with Crippen molar-refractivity contribution >= 4 is 11.0 Å². The Labute approximate surface area is 132 Å². The maximum atomic E-state index is 6.15. The van der Waals surface area contributed by atoms with Crippen LogP contribution in [0.15, 0.2) is 47.4 Å². The number of benzene rings is 1. The molecule has 0 aliphatic carbocycles. The highest BCUT2D eigenvalue weighted by molar-refractivity contribution is 5.77. The molecule has 1 aliphatic rings. The first-order valence-corrected chi connectivity index (χ1v) is 7.41. The molecule has 7 heteroatoms. The van der Waals surface area contributed by atoms with Crippen LogP contribution in [0.1, 0.15) is 5.76 Å². The van der Waals surface area contributed by atoms with Crippen LogP contribution in [0, 0.1) is 0 Å². The second-order valence-corrected chi connectivity index (χ2v) is 5.50. The molecule has 7 nitrogen and oxygen atoms in total. The molecule has 0 spiro atoms. The summed E-state index contributed by atoms with van der Waals surface area (Å²) >= 11 is 0. The van der Waals surface area contributed by atoms with Crippen LogP contribution in [0.5, 0.6) is 0 Å². The number of para-hydroxylation sites is 1. The molecule has 3 aromatic rings. The topological polar surface area (TPSA) is 71.5 Å². The summed E-state index contributed by atoms with van der Waals surface area (Å²) in [4.78, 5) is 3.97. The van der Waals surface area contributed by atoms with Crippen molar-refractivity contribution < 1.29 is 18.6 Å². The van der Waals surface area contributed by atoms with Crippen LogP contribution in [0.3, 0.4) is 0 Å². The number of rotatable bonds is 5. The van der Waals surface area contributed by atoms with E-state index in [4.69, 9.17) is 18.6 Å². The largest absolute Gasteiger partial charge is 0.455 e. The third-order valence-electron chi connectivity index (χ3n) is 3.85. The predicted molar refractivity (Wildman–Crippen MR) is 80.6 cm³/mol. The molecule has 0 bridgehead atoms. The Balaban J connectivity index is 1.72. The highest BCUT2D eigenvalue weighted by atomic mass is 16.8. The van der Waals surface area contributed by atoms with Crippen molar-refractivity contribution in [3.8, 4) is 0 Å². The van der Waals surface area contributed by atoms with Crippen LogP contribution in [-0.4, -0.2) is 41.2 Å². The molecule has 1 saturated heterocycles. The van der Waals surface area contributed by atoms with E-state index < -0.39 is 5.79 Å². The minimum atomic E-state index is -1.03. The molecule has 0 amide bonds. The molecule has 0 unspecified atom stereocenters. The van der Waals surface area contributed by atoms with Crippen LogP contribution in [0.2, 0.25) is 0 Å². The Bertz CT molecular complexity index is 753. The van der Waals surface area contributed by atoms with Crippen LogP contribution >= 0.6 is 0 Å². The Hall–Kier alpha value is -2.22. The van der Waals surface area contributed by atoms with Gasteiger partial charge in [-0.1, -0.05) is 18.2 Å². The van der Waals surface area contributed by atoms with Gasteiger partial charge in [0.15, 0.2) is 5.76 Å². The second-order valence-electron chi connectivity index (χ2n) is 5.50. The summed E-state index contributed by atoms with van der Waals surface area (Å²) in [7, 11) is 1.64. The van der Waals surface area contributed by atoms with Gasteiger partial charge in [0.25, 0.3) is 0 Å². The zero-order chi connectivity index (χ0) is 15.7. The summed E-state index contributed by atoms with van der Waals surface area (Å²) in [5, 5.41) is 5.15. The number of nitrogens with zero attached hydrogens (tertiary/aromatic N) is 3. The van der Waals surface area contributed by atoms with E-state index in [2.05, 4.69) is 10.1 Å². The molecule has 0 radical (unpaired) electrons. The predicted octanol–water partition coefficient (Wildman–Crippen LogP) is 1.94. The summed E-state index contributed by atoms with van der Waals surface area (Å²) in [6.45, 7) is 1.24. The van der Waals surface area contributed by atoms with Gasteiger partial charge in [0.2, 0.25) is 5.79 Å². The van der Waals surface area contributed by atoms with Gasteiger partial charge in [-0.25, -0.2) is 9.67 Å². The zero-order valence-corrected chi connectivity index (χ0v) is 12.7. The average Bonchev–Trinajstić information content (AvgIpc) is 3.28. The van der Waals surface area contributed by atoms with Crippen molar-refractivity contribution in [2.75, 3.05) is 20.3 Å². The Kier molecular flexibility index (Phi) is 3.60. The quantitative estimate of drug-likeness (QED) is 0.716. The van der Waals surface area contributed by atoms with Crippen molar-refractivity contribution in [3.63, 3.8) is 0 Å². The number of ether oxygens (including phenoxy) is 3. The van der Waals surface area contributed by atoms with Crippen LogP contribution in [-0.2, 0) is 26.5 Å². The molecule has 120 valence electrons. The van der Waals surface area contributed by atoms with E-state index in [0.717, 1.165) is 11.0 Å². The minimum Gasteiger partial charge on any atom is -0.455 e. The number of hydrogen-bond acceptors (Lipinski definition) is 6. The van der Waals surface area contributed by atoms with Gasteiger partial charge in [-0.05, 0) is 12.1 Å². The Morgan fingerprint density at radius 3 is 3.09 bits per heavy atom. The van der Waals surface area contributed by atoms with E-state index in [1.165, 1.54) is 6.33 Å². The van der Waals surface area contributed by atoms with Gasteiger partial charge in [-0.3, -0.25) is 0 Å². The number of furan rings is 1. The van der Waals surface area contributed by atoms with Crippen molar-refractivity contribution in [1.82, 2.24) is 14.8 Å². The number of fused-ring (bicyclic) bond motifs is 1. The van der Waals surface area contributed by atoms with Gasteiger partial charge < -0.3 is 18.6 Å². The monoisotopic (exact) mass is 315 g/mol. The highest BCUT2D eigenvalue weighted by Gasteiger charge is 2.47. The highest BCUT2D eigenvalue weighted by Crippen LogP contribution is 2.38. The summed E-state index contributed by atoms with van der Waals surface area (Å²) in [5.74, 6) is -0.413. The first kappa shape index (κ1) is 14.4. The molecule has 1 aliphatic heterocycles. The fraction of sp³-hybridized carbons (Fsp3) is 0.375. The zero-order valence-electron chi connectivity index (χ0n) is 12.7. The maximum absolute atomic E-state index is 6.15. The van der Waals surface area contributed by atoms with Gasteiger partial charge in [0.1, 0.15) is 30.9 Å². The standard InChI is InChI=1S/C16H17N3O4/c1-20-7-13-8-21-16(23-13,9-19-11-17-10-18-19)15-6-12-4-2-3-5-14(12)22-15/h2-6,10-11,13H,7-9H2,1H3/t13-,16+/m1/s1. The van der Waals surface area contributed by atoms with Crippen LogP contribution in [0.4, 0.5) is 0 Å². The smallest absolute Gasteiger partial charge is 0.249 e. The lowest BCUT2D eigenvalue weighted by molar-refractivity contribution is -0.203. The summed E-state index contributed by atoms with van der Waals surface area (Å²) in [6, 6.07) is 9.76. The van der Waals surface area contributed by atoms with Gasteiger partial charge >= 0.3 is 0 Å². The van der Waals surface area contributed by atoms with E-state index in [9.17, 15) is 0 Å². The minimum absolute atomic E-state index is 0.156. The summed E-state index contributed by atoms with van der Waals surface area (Å²) in [5.41, 5.74) is 0.794. The number of aromatic nitrogens is 3. The molecule has 1 aromatic carbocycles. The molecule has 3 heterocycles. The van der Waals surface area contributed by atoms with Crippen molar-refractivity contribution in [2.45, 2.75) is 18.4 Å². The molecule has 4 rings (SSSR count). The molecule has 0 saturated carbocycles. The van der Waals surface area contributed by atoms with Gasteiger partial charge in [-0.2, -0.15) is 5.10 Å². The van der Waals surface area contributed by atoms with Crippen molar-refractivity contribution in [1.29, 1.82) is 0 Å². The lowest BCUT2D eigenvalue weighted by atomic mass is 10.2. The molecule has 0 N–H and O–H groups in total. The normalized spacial score (nSPS) is 24.5. The number of methoxy groups -OCH3 is 1. The molecular formula is C16H17N3O4. The van der Waals surface area contributed by atoms with Gasteiger partial charge in [-0.15, -0.1) is 0 Å². The Morgan fingerprint density at radius 1 is 1.39 bits per heavy atom. The molecule has 2 aromatic heterocycles. The lowest BCUT2D eigenvalue weighted by Gasteiger charge is -2.25. The summed E-state index contributed by atoms with van der Waals surface area (Å²) in [6.07, 6.45) is 2.95. The third kappa shape index (κ3) is 2.63. The van der Waals surface area contributed by atoms with Gasteiger partial charge in [0, 0.05) is 12.5 Å². The fourth-order valence-electron chi connectivity index (χ4n) is 2.82. The van der Waals surface area contributed by atoms with E-state index in [-0.39, 0.29) is 6.10 Å². The Morgan fingerprint density at radius 2 is 2.30 bits per heavy atom. The fourth-order valence-corrected chi connectivity index (χ4v) is 2.82. The van der Waals surface area contributed by atoms with E-state index in [0.29, 0.717) is 25.5 Å². The molecule has 1 fully saturated rings. The SMILES string of the molecule is COC[C@@H]1CO[C@](Cn2cncn2)(c2cc3ccccc3o2)O1. The lowest BCUT2D eigenvalue weighted by Crippen LogP contribution is -2.34. The third-order valence-corrected chi connectivity index (χ3v) is 3.85. The van der Waals surface area contributed by atoms with Gasteiger partial charge in [0.05, 0.1) is 13.2 Å². The second kappa shape index (κ2) is 5.77. The molecule has 23 heavy (non-hydrogen) atoms. The van der Waals surface area contributed by atoms with Crippen LogP contribution in [0.25, 0.3) is 11.0 Å². The van der Waals surface area contributed by atoms with Crippen LogP contribution < -0.4 is 0 Å². The van der Waals surface area contributed by atoms with E-state index in [1.54, 1.807) is 18.1 Å². The average molecular weight is 315 g/mol.